The van der Waals surface area contributed by atoms with Crippen LogP contribution in [0, 0.1) is 0 Å². The molecule has 0 fully saturated rings. The molecule has 2 aromatic rings. The van der Waals surface area contributed by atoms with Crippen LogP contribution in [0.5, 0.6) is 17.2 Å². The topological polar surface area (TPSA) is 165 Å². The fourth-order valence-electron chi connectivity index (χ4n) is 4.40. The van der Waals surface area contributed by atoms with Crippen molar-refractivity contribution in [2.45, 2.75) is 30.7 Å². The maximum atomic E-state index is 13.2. The molecule has 2 unspecified atom stereocenters. The van der Waals surface area contributed by atoms with E-state index in [0.717, 1.165) is 0 Å². The molecule has 3 atom stereocenters. The van der Waals surface area contributed by atoms with Crippen molar-refractivity contribution < 1.29 is 45.0 Å². The van der Waals surface area contributed by atoms with Gasteiger partial charge in [-0.2, -0.15) is 0 Å². The Kier molecular flexibility index (Phi) is 4.59. The van der Waals surface area contributed by atoms with Gasteiger partial charge in [0.1, 0.15) is 23.4 Å². The Labute approximate surface area is 170 Å². The van der Waals surface area contributed by atoms with E-state index in [-0.39, 0.29) is 28.0 Å². The zero-order valence-electron chi connectivity index (χ0n) is 15.9. The Morgan fingerprint density at radius 3 is 2.43 bits per heavy atom. The van der Waals surface area contributed by atoms with Gasteiger partial charge in [0.25, 0.3) is 0 Å². The monoisotopic (exact) mass is 416 g/mol. The molecule has 0 aliphatic heterocycles. The first-order valence-corrected chi connectivity index (χ1v) is 9.22. The number of aliphatic hydroxyl groups is 4. The lowest BCUT2D eigenvalue weighted by molar-refractivity contribution is -0.122. The molecule has 0 bridgehead atoms. The van der Waals surface area contributed by atoms with Crippen LogP contribution in [0.1, 0.15) is 55.5 Å². The van der Waals surface area contributed by atoms with Gasteiger partial charge >= 0.3 is 0 Å². The summed E-state index contributed by atoms with van der Waals surface area (Å²) < 4.78 is 5.17. The molecule has 6 N–H and O–H groups in total. The van der Waals surface area contributed by atoms with E-state index in [4.69, 9.17) is 4.74 Å². The molecule has 0 spiro atoms. The second-order valence-corrected chi connectivity index (χ2v) is 7.58. The van der Waals surface area contributed by atoms with Crippen LogP contribution in [-0.4, -0.2) is 67.6 Å². The summed E-state index contributed by atoms with van der Waals surface area (Å²) >= 11 is 0. The second-order valence-electron chi connectivity index (χ2n) is 7.58. The zero-order valence-corrected chi connectivity index (χ0v) is 15.9. The summed E-state index contributed by atoms with van der Waals surface area (Å²) in [6.07, 6.45) is -4.13. The molecular weight excluding hydrogens is 396 g/mol. The van der Waals surface area contributed by atoms with Gasteiger partial charge in [-0.3, -0.25) is 9.59 Å². The average Bonchev–Trinajstić information content (AvgIpc) is 2.72. The Bertz CT molecular complexity index is 1090. The van der Waals surface area contributed by atoms with Gasteiger partial charge in [0.15, 0.2) is 5.78 Å². The van der Waals surface area contributed by atoms with Crippen LogP contribution in [0.15, 0.2) is 18.2 Å². The largest absolute Gasteiger partial charge is 0.507 e. The number of hydrogen-bond donors (Lipinski definition) is 6. The predicted molar refractivity (Wildman–Crippen MR) is 101 cm³/mol. The van der Waals surface area contributed by atoms with E-state index in [1.54, 1.807) is 0 Å². The van der Waals surface area contributed by atoms with Crippen LogP contribution in [0.25, 0.3) is 0 Å². The van der Waals surface area contributed by atoms with E-state index < -0.39 is 71.4 Å². The quantitative estimate of drug-likeness (QED) is 0.321. The molecule has 158 valence electrons. The SMILES string of the molecule is COc1cccc2c1C(=O)c1c(O)c3c(c(O)c1C2=O)CC(O)(C(O)CO)C[C@H]3O. The lowest BCUT2D eigenvalue weighted by Crippen LogP contribution is -2.50. The van der Waals surface area contributed by atoms with E-state index in [1.807, 2.05) is 0 Å². The number of ketones is 2. The third kappa shape index (κ3) is 2.56. The van der Waals surface area contributed by atoms with Crippen molar-refractivity contribution >= 4 is 11.6 Å². The van der Waals surface area contributed by atoms with Crippen molar-refractivity contribution in [3.8, 4) is 17.2 Å². The minimum Gasteiger partial charge on any atom is -0.507 e. The molecule has 0 saturated carbocycles. The number of ether oxygens (including phenoxy) is 1. The summed E-state index contributed by atoms with van der Waals surface area (Å²) in [6.45, 7) is -0.805. The number of rotatable bonds is 3. The molecule has 2 aromatic carbocycles. The third-order valence-corrected chi connectivity index (χ3v) is 5.92. The smallest absolute Gasteiger partial charge is 0.202 e. The second kappa shape index (κ2) is 6.78. The molecule has 9 nitrogen and oxygen atoms in total. The number of carbonyl (C=O) groups excluding carboxylic acids is 2. The normalized spacial score (nSPS) is 23.4. The molecule has 0 heterocycles. The van der Waals surface area contributed by atoms with E-state index in [0.29, 0.717) is 0 Å². The van der Waals surface area contributed by atoms with E-state index in [2.05, 4.69) is 0 Å². The summed E-state index contributed by atoms with van der Waals surface area (Å²) in [7, 11) is 1.32. The first-order chi connectivity index (χ1) is 14.2. The minimum atomic E-state index is -2.01. The number of phenols is 2. The number of hydrogen-bond acceptors (Lipinski definition) is 9. The van der Waals surface area contributed by atoms with Gasteiger partial charge in [0.2, 0.25) is 5.78 Å². The molecule has 2 aliphatic carbocycles. The zero-order chi connectivity index (χ0) is 22.0. The van der Waals surface area contributed by atoms with Crippen molar-refractivity contribution in [3.05, 3.63) is 51.6 Å². The predicted octanol–water partition coefficient (Wildman–Crippen LogP) is -0.0543. The summed E-state index contributed by atoms with van der Waals surface area (Å²) in [4.78, 5) is 26.3. The summed E-state index contributed by atoms with van der Waals surface area (Å²) in [5.41, 5.74) is -3.39. The van der Waals surface area contributed by atoms with Crippen molar-refractivity contribution in [3.63, 3.8) is 0 Å². The van der Waals surface area contributed by atoms with Crippen LogP contribution in [0.4, 0.5) is 0 Å². The van der Waals surface area contributed by atoms with Gasteiger partial charge < -0.3 is 35.4 Å². The van der Waals surface area contributed by atoms with Gasteiger partial charge in [0, 0.05) is 29.5 Å². The first-order valence-electron chi connectivity index (χ1n) is 9.22. The van der Waals surface area contributed by atoms with Crippen molar-refractivity contribution in [1.29, 1.82) is 0 Å². The number of phenolic OH excluding ortho intramolecular Hbond substituents is 2. The maximum absolute atomic E-state index is 13.2. The molecule has 30 heavy (non-hydrogen) atoms. The maximum Gasteiger partial charge on any atom is 0.202 e. The van der Waals surface area contributed by atoms with Crippen LogP contribution >= 0.6 is 0 Å². The number of aromatic hydroxyl groups is 2. The van der Waals surface area contributed by atoms with Gasteiger partial charge in [-0.15, -0.1) is 0 Å². The highest BCUT2D eigenvalue weighted by molar-refractivity contribution is 6.31. The number of methoxy groups -OCH3 is 1. The number of fused-ring (bicyclic) bond motifs is 3. The van der Waals surface area contributed by atoms with Gasteiger partial charge in [-0.25, -0.2) is 0 Å². The minimum absolute atomic E-state index is 0.0245. The molecule has 0 radical (unpaired) electrons. The van der Waals surface area contributed by atoms with Crippen molar-refractivity contribution in [2.24, 2.45) is 0 Å². The average molecular weight is 416 g/mol. The highest BCUT2D eigenvalue weighted by atomic mass is 16.5. The Morgan fingerprint density at radius 1 is 1.13 bits per heavy atom. The van der Waals surface area contributed by atoms with Crippen LogP contribution in [-0.2, 0) is 6.42 Å². The summed E-state index contributed by atoms with van der Waals surface area (Å²) in [5.74, 6) is -2.72. The summed E-state index contributed by atoms with van der Waals surface area (Å²) in [5, 5.41) is 62.1. The number of aliphatic hydroxyl groups excluding tert-OH is 3. The van der Waals surface area contributed by atoms with Crippen molar-refractivity contribution in [2.75, 3.05) is 13.7 Å². The molecule has 9 heteroatoms. The van der Waals surface area contributed by atoms with Crippen LogP contribution in [0.2, 0.25) is 0 Å². The number of carbonyl (C=O) groups is 2. The number of benzene rings is 2. The molecule has 0 amide bonds. The van der Waals surface area contributed by atoms with Crippen molar-refractivity contribution in [1.82, 2.24) is 0 Å². The highest BCUT2D eigenvalue weighted by Gasteiger charge is 2.48. The van der Waals surface area contributed by atoms with Gasteiger partial charge in [0.05, 0.1) is 42.1 Å². The highest BCUT2D eigenvalue weighted by Crippen LogP contribution is 2.51. The lowest BCUT2D eigenvalue weighted by Gasteiger charge is -2.40. The fraction of sp³-hybridized carbons (Fsp3) is 0.333. The lowest BCUT2D eigenvalue weighted by atomic mass is 9.71. The molecule has 0 saturated heterocycles. The van der Waals surface area contributed by atoms with Crippen LogP contribution in [0.3, 0.4) is 0 Å². The van der Waals surface area contributed by atoms with Gasteiger partial charge in [-0.1, -0.05) is 12.1 Å². The Balaban J connectivity index is 1.99. The molecule has 0 aromatic heterocycles. The first kappa shape index (κ1) is 20.3. The fourth-order valence-corrected chi connectivity index (χ4v) is 4.40. The van der Waals surface area contributed by atoms with E-state index in [1.165, 1.54) is 25.3 Å². The Morgan fingerprint density at radius 2 is 1.80 bits per heavy atom. The van der Waals surface area contributed by atoms with Gasteiger partial charge in [-0.05, 0) is 6.07 Å². The van der Waals surface area contributed by atoms with Crippen LogP contribution < -0.4 is 4.74 Å². The Hall–Kier alpha value is -2.98. The standard InChI is InChI=1S/C21H20O9/c1-30-11-4-2-3-8-14(11)20(28)16-15(17(8)25)18(26)9-5-21(29,12(24)7-22)6-10(23)13(9)19(16)27/h2-4,10,12,22-24,26-27,29H,5-7H2,1H3/t10-,12?,21?/m1/s1. The molecule has 2 aliphatic rings. The van der Waals surface area contributed by atoms with E-state index >= 15 is 0 Å². The van der Waals surface area contributed by atoms with E-state index in [9.17, 15) is 40.2 Å². The third-order valence-electron chi connectivity index (χ3n) is 5.92. The molecular formula is C21H20O9. The molecule has 4 rings (SSSR count). The summed E-state index contributed by atoms with van der Waals surface area (Å²) in [6, 6.07) is 4.37.